The molecule has 2 aromatic rings. The second kappa shape index (κ2) is 7.73. The molecule has 2 rings (SSSR count). The minimum Gasteiger partial charge on any atom is -0.606 e. The van der Waals surface area contributed by atoms with E-state index in [-0.39, 0.29) is 4.47 Å². The molecule has 1 atom stereocenters. The third kappa shape index (κ3) is 3.90. The van der Waals surface area contributed by atoms with E-state index in [0.29, 0.717) is 12.1 Å². The van der Waals surface area contributed by atoms with E-state index in [1.807, 2.05) is 0 Å². The van der Waals surface area contributed by atoms with Crippen LogP contribution in [0, 0.1) is 17.7 Å². The molecular formula is C15H4Br2F9OS. The van der Waals surface area contributed by atoms with Gasteiger partial charge in [-0.15, -0.1) is 8.78 Å². The standard InChI is InChI=1S/C15H4Br2F9OS/c16-6-4-8(17)11(7-2-1-3-9(18)12(7)19)10(5-6)28(27)15(25,26)13(20,21)14(22,23)24/h1-3,5H. The topological polar surface area (TPSA) is 23.1 Å². The molecule has 2 aromatic carbocycles. The van der Waals surface area contributed by atoms with Crippen LogP contribution in [0.15, 0.2) is 38.1 Å². The van der Waals surface area contributed by atoms with Crippen molar-refractivity contribution in [3.8, 4) is 11.1 Å². The van der Waals surface area contributed by atoms with E-state index < -0.39 is 60.7 Å². The summed E-state index contributed by atoms with van der Waals surface area (Å²) in [5, 5.41) is -6.12. The molecule has 28 heavy (non-hydrogen) atoms. The first kappa shape index (κ1) is 23.4. The van der Waals surface area contributed by atoms with Gasteiger partial charge in [-0.1, -0.05) is 12.1 Å². The summed E-state index contributed by atoms with van der Waals surface area (Å²) >= 11 is 1.16. The first-order valence-corrected chi connectivity index (χ1v) is 9.46. The van der Waals surface area contributed by atoms with Gasteiger partial charge in [0.1, 0.15) is 0 Å². The van der Waals surface area contributed by atoms with Crippen LogP contribution < -0.4 is 0 Å². The minimum atomic E-state index is -6.72. The Morgan fingerprint density at radius 2 is 1.54 bits per heavy atom. The van der Waals surface area contributed by atoms with Crippen LogP contribution in [0.3, 0.4) is 0 Å². The molecule has 0 saturated heterocycles. The molecule has 0 aliphatic heterocycles. The third-order valence-electron chi connectivity index (χ3n) is 3.33. The number of alkyl halides is 7. The molecule has 13 heteroatoms. The van der Waals surface area contributed by atoms with Gasteiger partial charge in [-0.05, 0) is 37.9 Å². The smallest absolute Gasteiger partial charge is 0.486 e. The predicted molar refractivity (Wildman–Crippen MR) is 88.4 cm³/mol. The second-order valence-corrected chi connectivity index (χ2v) is 8.27. The SMILES string of the molecule is [O-][S+](c1cc(Br)[c]c(Br)c1-c1cccc(F)c1F)C(F)(F)C(F)(F)C(F)(F)F. The average Bonchev–Trinajstić information content (AvgIpc) is 2.55. The molecular weight excluding hydrogens is 559 g/mol. The van der Waals surface area contributed by atoms with Gasteiger partial charge in [-0.3, -0.25) is 0 Å². The van der Waals surface area contributed by atoms with Gasteiger partial charge in [-0.25, -0.2) is 8.78 Å². The quantitative estimate of drug-likeness (QED) is 0.295. The Hall–Kier alpha value is -0.920. The van der Waals surface area contributed by atoms with Crippen LogP contribution in [0.25, 0.3) is 11.1 Å². The maximum absolute atomic E-state index is 14.1. The van der Waals surface area contributed by atoms with E-state index in [4.69, 9.17) is 0 Å². The lowest BCUT2D eigenvalue weighted by molar-refractivity contribution is -0.332. The number of benzene rings is 2. The van der Waals surface area contributed by atoms with Gasteiger partial charge in [0.2, 0.25) is 0 Å². The van der Waals surface area contributed by atoms with Gasteiger partial charge in [0.05, 0.1) is 16.7 Å². The average molecular weight is 563 g/mol. The van der Waals surface area contributed by atoms with Crippen molar-refractivity contribution in [2.45, 2.75) is 22.2 Å². The van der Waals surface area contributed by atoms with E-state index in [1.54, 1.807) is 0 Å². The summed E-state index contributed by atoms with van der Waals surface area (Å²) in [6.45, 7) is 0. The molecule has 1 unspecified atom stereocenters. The zero-order valence-electron chi connectivity index (χ0n) is 12.8. The largest absolute Gasteiger partial charge is 0.606 e. The number of halogens is 11. The number of hydrogen-bond donors (Lipinski definition) is 0. The van der Waals surface area contributed by atoms with Crippen LogP contribution in [0.4, 0.5) is 39.5 Å². The van der Waals surface area contributed by atoms with Crippen LogP contribution in [0.1, 0.15) is 0 Å². The first-order valence-electron chi connectivity index (χ1n) is 6.73. The lowest BCUT2D eigenvalue weighted by Crippen LogP contribution is -2.56. The van der Waals surface area contributed by atoms with Crippen LogP contribution in [0.5, 0.6) is 0 Å². The van der Waals surface area contributed by atoms with Crippen molar-refractivity contribution < 1.29 is 44.1 Å². The Morgan fingerprint density at radius 3 is 2.07 bits per heavy atom. The van der Waals surface area contributed by atoms with Crippen LogP contribution in [-0.2, 0) is 11.2 Å². The maximum Gasteiger partial charge on any atom is 0.486 e. The fourth-order valence-electron chi connectivity index (χ4n) is 2.01. The van der Waals surface area contributed by atoms with Crippen molar-refractivity contribution in [2.24, 2.45) is 0 Å². The highest BCUT2D eigenvalue weighted by atomic mass is 79.9. The summed E-state index contributed by atoms with van der Waals surface area (Å²) < 4.78 is 131. The van der Waals surface area contributed by atoms with Gasteiger partial charge >= 0.3 is 17.4 Å². The predicted octanol–water partition coefficient (Wildman–Crippen LogP) is 6.85. The Bertz CT molecular complexity index is 902. The molecule has 0 amide bonds. The fourth-order valence-corrected chi connectivity index (χ4v) is 4.88. The summed E-state index contributed by atoms with van der Waals surface area (Å²) in [7, 11) is 0. The van der Waals surface area contributed by atoms with Crippen molar-refractivity contribution >= 4 is 43.0 Å². The maximum atomic E-state index is 14.1. The molecule has 0 bridgehead atoms. The Labute approximate surface area is 171 Å². The zero-order valence-corrected chi connectivity index (χ0v) is 16.8. The number of hydrogen-bond acceptors (Lipinski definition) is 1. The zero-order chi connectivity index (χ0) is 21.7. The summed E-state index contributed by atoms with van der Waals surface area (Å²) in [5.41, 5.74) is -1.62. The molecule has 0 aliphatic carbocycles. The normalized spacial score (nSPS) is 14.3. The molecule has 0 N–H and O–H groups in total. The van der Waals surface area contributed by atoms with Gasteiger partial charge in [0.25, 0.3) is 0 Å². The molecule has 153 valence electrons. The molecule has 0 heterocycles. The monoisotopic (exact) mass is 561 g/mol. The molecule has 0 saturated carbocycles. The molecule has 1 nitrogen and oxygen atoms in total. The van der Waals surface area contributed by atoms with Gasteiger partial charge in [0, 0.05) is 26.6 Å². The fraction of sp³-hybridized carbons (Fsp3) is 0.200. The van der Waals surface area contributed by atoms with E-state index in [0.717, 1.165) is 12.1 Å². The van der Waals surface area contributed by atoms with Crippen LogP contribution in [-0.4, -0.2) is 21.9 Å². The highest BCUT2D eigenvalue weighted by Crippen LogP contribution is 2.52. The molecule has 0 spiro atoms. The van der Waals surface area contributed by atoms with Crippen molar-refractivity contribution in [3.05, 3.63) is 50.9 Å². The highest BCUT2D eigenvalue weighted by Gasteiger charge is 2.80. The summed E-state index contributed by atoms with van der Waals surface area (Å²) in [5.74, 6) is -9.75. The first-order chi connectivity index (χ1) is 12.6. The molecule has 0 aliphatic rings. The van der Waals surface area contributed by atoms with E-state index in [2.05, 4.69) is 37.9 Å². The summed E-state index contributed by atoms with van der Waals surface area (Å²) in [6, 6.07) is 5.27. The lowest BCUT2D eigenvalue weighted by atomic mass is 10.0. The van der Waals surface area contributed by atoms with Crippen molar-refractivity contribution in [3.63, 3.8) is 0 Å². The van der Waals surface area contributed by atoms with E-state index >= 15 is 0 Å². The van der Waals surface area contributed by atoms with Gasteiger partial charge < -0.3 is 4.55 Å². The van der Waals surface area contributed by atoms with Crippen molar-refractivity contribution in [1.82, 2.24) is 0 Å². The highest BCUT2D eigenvalue weighted by molar-refractivity contribution is 9.11. The lowest BCUT2D eigenvalue weighted by Gasteiger charge is -2.29. The summed E-state index contributed by atoms with van der Waals surface area (Å²) in [4.78, 5) is -1.30. The Morgan fingerprint density at radius 1 is 0.964 bits per heavy atom. The van der Waals surface area contributed by atoms with Gasteiger partial charge in [0.15, 0.2) is 16.5 Å². The molecule has 0 aromatic heterocycles. The summed E-state index contributed by atoms with van der Waals surface area (Å²) in [6.07, 6.45) is -6.72. The van der Waals surface area contributed by atoms with Crippen molar-refractivity contribution in [2.75, 3.05) is 0 Å². The second-order valence-electron chi connectivity index (χ2n) is 5.13. The number of rotatable bonds is 4. The third-order valence-corrected chi connectivity index (χ3v) is 5.79. The van der Waals surface area contributed by atoms with E-state index in [1.165, 1.54) is 0 Å². The van der Waals surface area contributed by atoms with Crippen LogP contribution in [0.2, 0.25) is 0 Å². The Balaban J connectivity index is 2.77. The minimum absolute atomic E-state index is 0.269. The van der Waals surface area contributed by atoms with Gasteiger partial charge in [-0.2, -0.15) is 22.0 Å². The van der Waals surface area contributed by atoms with E-state index in [9.17, 15) is 44.1 Å². The molecule has 0 fully saturated rings. The van der Waals surface area contributed by atoms with Crippen molar-refractivity contribution in [1.29, 1.82) is 0 Å². The Kier molecular flexibility index (Phi) is 6.45. The van der Waals surface area contributed by atoms with Crippen LogP contribution >= 0.6 is 31.9 Å². The molecule has 1 radical (unpaired) electrons.